The second-order valence-corrected chi connectivity index (χ2v) is 10.4. The summed E-state index contributed by atoms with van der Waals surface area (Å²) in [6.07, 6.45) is 2.91. The predicted octanol–water partition coefficient (Wildman–Crippen LogP) is 4.58. The molecule has 0 aromatic heterocycles. The van der Waals surface area contributed by atoms with Crippen molar-refractivity contribution >= 4 is 23.4 Å². The van der Waals surface area contributed by atoms with E-state index in [4.69, 9.17) is 0 Å². The first-order valence-corrected chi connectivity index (χ1v) is 13.2. The maximum absolute atomic E-state index is 13.1. The Morgan fingerprint density at radius 3 is 2.08 bits per heavy atom. The number of nitrogens with one attached hydrogen (secondary N) is 2. The van der Waals surface area contributed by atoms with Gasteiger partial charge in [-0.2, -0.15) is 0 Å². The molecule has 0 radical (unpaired) electrons. The molecule has 1 heterocycles. The number of aryl methyl sites for hydroxylation is 1. The third-order valence-electron chi connectivity index (χ3n) is 8.28. The van der Waals surface area contributed by atoms with E-state index in [1.54, 1.807) is 12.1 Å². The zero-order valence-electron chi connectivity index (χ0n) is 21.0. The Hall–Kier alpha value is -3.93. The van der Waals surface area contributed by atoms with Gasteiger partial charge in [-0.25, -0.2) is 0 Å². The van der Waals surface area contributed by atoms with Gasteiger partial charge in [0.05, 0.1) is 11.3 Å². The van der Waals surface area contributed by atoms with Gasteiger partial charge in [-0.05, 0) is 66.0 Å². The number of fused-ring (bicyclic) bond motifs is 1. The van der Waals surface area contributed by atoms with Crippen LogP contribution in [0.25, 0.3) is 0 Å². The van der Waals surface area contributed by atoms with Crippen LogP contribution in [0.15, 0.2) is 66.7 Å². The number of anilines is 1. The third kappa shape index (κ3) is 4.10. The van der Waals surface area contributed by atoms with Crippen LogP contribution in [-0.2, 0) is 9.59 Å². The molecule has 0 saturated carbocycles. The van der Waals surface area contributed by atoms with Crippen LogP contribution < -0.4 is 10.6 Å². The normalized spacial score (nSPS) is 21.2. The SMILES string of the molecule is Cc1cccc(NC(=O)C(=O)NCC2CC3c4ccccc4C2c2ccccc23)c1C(=O)N1CCCC1. The number of rotatable bonds is 4. The van der Waals surface area contributed by atoms with E-state index in [0.717, 1.165) is 37.9 Å². The highest BCUT2D eigenvalue weighted by molar-refractivity contribution is 6.40. The average molecular weight is 494 g/mol. The van der Waals surface area contributed by atoms with E-state index in [2.05, 4.69) is 59.2 Å². The topological polar surface area (TPSA) is 78.5 Å². The monoisotopic (exact) mass is 493 g/mol. The lowest BCUT2D eigenvalue weighted by Gasteiger charge is -2.45. The number of nitrogens with zero attached hydrogens (tertiary/aromatic N) is 1. The van der Waals surface area contributed by atoms with Crippen molar-refractivity contribution in [2.75, 3.05) is 25.0 Å². The van der Waals surface area contributed by atoms with Gasteiger partial charge in [0.1, 0.15) is 0 Å². The summed E-state index contributed by atoms with van der Waals surface area (Å²) in [6, 6.07) is 22.5. The van der Waals surface area contributed by atoms with Crippen molar-refractivity contribution in [1.29, 1.82) is 0 Å². The fourth-order valence-corrected chi connectivity index (χ4v) is 6.58. The number of amides is 3. The smallest absolute Gasteiger partial charge is 0.313 e. The Morgan fingerprint density at radius 2 is 1.43 bits per heavy atom. The fraction of sp³-hybridized carbons (Fsp3) is 0.323. The van der Waals surface area contributed by atoms with Gasteiger partial charge in [0.25, 0.3) is 5.91 Å². The fourth-order valence-electron chi connectivity index (χ4n) is 6.58. The highest BCUT2D eigenvalue weighted by Crippen LogP contribution is 2.55. The van der Waals surface area contributed by atoms with Gasteiger partial charge in [0, 0.05) is 31.5 Å². The number of benzene rings is 3. The summed E-state index contributed by atoms with van der Waals surface area (Å²) >= 11 is 0. The molecule has 3 aromatic rings. The number of carbonyl (C=O) groups is 3. The Balaban J connectivity index is 1.16. The quantitative estimate of drug-likeness (QED) is 0.522. The van der Waals surface area contributed by atoms with Crippen molar-refractivity contribution in [3.05, 3.63) is 100 Å². The standard InChI is InChI=1S/C31H31N3O3/c1-19-9-8-14-26(27(19)31(37)34-15-6-7-16-34)33-30(36)29(35)32-18-20-17-25-21-10-2-4-12-23(21)28(20)24-13-5-3-11-22(24)25/h2-5,8-14,20,25,28H,6-7,15-18H2,1H3,(H,32,35)(H,33,36). The Bertz CT molecular complexity index is 1340. The average Bonchev–Trinajstić information content (AvgIpc) is 3.47. The highest BCUT2D eigenvalue weighted by Gasteiger charge is 2.43. The van der Waals surface area contributed by atoms with Gasteiger partial charge in [0.2, 0.25) is 0 Å². The van der Waals surface area contributed by atoms with Gasteiger partial charge in [-0.1, -0.05) is 60.7 Å². The Morgan fingerprint density at radius 1 is 0.811 bits per heavy atom. The van der Waals surface area contributed by atoms with Gasteiger partial charge in [-0.15, -0.1) is 0 Å². The number of hydrogen-bond acceptors (Lipinski definition) is 3. The van der Waals surface area contributed by atoms with Crippen LogP contribution in [0.5, 0.6) is 0 Å². The van der Waals surface area contributed by atoms with E-state index >= 15 is 0 Å². The first-order valence-electron chi connectivity index (χ1n) is 13.2. The molecule has 6 heteroatoms. The minimum Gasteiger partial charge on any atom is -0.348 e. The van der Waals surface area contributed by atoms with E-state index in [0.29, 0.717) is 23.7 Å². The van der Waals surface area contributed by atoms with E-state index < -0.39 is 11.8 Å². The molecule has 1 saturated heterocycles. The Kier molecular flexibility index (Phi) is 6.03. The lowest BCUT2D eigenvalue weighted by molar-refractivity contribution is -0.136. The molecule has 1 atom stereocenters. The molecule has 2 bridgehead atoms. The molecule has 3 amide bonds. The van der Waals surface area contributed by atoms with Crippen molar-refractivity contribution in [3.8, 4) is 0 Å². The molecule has 6 nitrogen and oxygen atoms in total. The summed E-state index contributed by atoms with van der Waals surface area (Å²) in [6.45, 7) is 3.71. The summed E-state index contributed by atoms with van der Waals surface area (Å²) in [5.74, 6) is -0.812. The summed E-state index contributed by atoms with van der Waals surface area (Å²) in [4.78, 5) is 40.7. The molecular weight excluding hydrogens is 462 g/mol. The molecule has 2 N–H and O–H groups in total. The van der Waals surface area contributed by atoms with Crippen molar-refractivity contribution < 1.29 is 14.4 Å². The zero-order valence-corrected chi connectivity index (χ0v) is 21.0. The van der Waals surface area contributed by atoms with Crippen LogP contribution in [0, 0.1) is 12.8 Å². The molecule has 1 fully saturated rings. The second-order valence-electron chi connectivity index (χ2n) is 10.4. The zero-order chi connectivity index (χ0) is 25.5. The first-order chi connectivity index (χ1) is 18.0. The number of carbonyl (C=O) groups excluding carboxylic acids is 3. The van der Waals surface area contributed by atoms with Crippen LogP contribution in [-0.4, -0.2) is 42.3 Å². The number of likely N-dealkylation sites (tertiary alicyclic amines) is 1. The van der Waals surface area contributed by atoms with E-state index in [1.165, 1.54) is 22.3 Å². The summed E-state index contributed by atoms with van der Waals surface area (Å²) in [7, 11) is 0. The lowest BCUT2D eigenvalue weighted by Crippen LogP contribution is -2.42. The molecule has 37 heavy (non-hydrogen) atoms. The van der Waals surface area contributed by atoms with Crippen LogP contribution in [0.2, 0.25) is 0 Å². The molecule has 188 valence electrons. The molecule has 7 rings (SSSR count). The summed E-state index contributed by atoms with van der Waals surface area (Å²) < 4.78 is 0. The van der Waals surface area contributed by atoms with E-state index in [-0.39, 0.29) is 17.7 Å². The van der Waals surface area contributed by atoms with E-state index in [9.17, 15) is 14.4 Å². The van der Waals surface area contributed by atoms with Crippen LogP contribution >= 0.6 is 0 Å². The van der Waals surface area contributed by atoms with Gasteiger partial charge >= 0.3 is 11.8 Å². The molecular formula is C31H31N3O3. The van der Waals surface area contributed by atoms with Crippen LogP contribution in [0.4, 0.5) is 5.69 Å². The Labute approximate surface area is 217 Å². The van der Waals surface area contributed by atoms with Crippen LogP contribution in [0.1, 0.15) is 69.3 Å². The maximum Gasteiger partial charge on any atom is 0.313 e. The molecule has 0 spiro atoms. The van der Waals surface area contributed by atoms with Crippen LogP contribution in [0.3, 0.4) is 0 Å². The molecule has 1 aliphatic heterocycles. The van der Waals surface area contributed by atoms with Crippen molar-refractivity contribution in [1.82, 2.24) is 10.2 Å². The summed E-state index contributed by atoms with van der Waals surface area (Å²) in [5, 5.41) is 5.60. The maximum atomic E-state index is 13.1. The molecule has 4 aliphatic rings. The number of hydrogen-bond donors (Lipinski definition) is 2. The third-order valence-corrected chi connectivity index (χ3v) is 8.28. The minimum absolute atomic E-state index is 0.0955. The largest absolute Gasteiger partial charge is 0.348 e. The minimum atomic E-state index is -0.747. The highest BCUT2D eigenvalue weighted by atomic mass is 16.2. The van der Waals surface area contributed by atoms with Gasteiger partial charge in [-0.3, -0.25) is 14.4 Å². The van der Waals surface area contributed by atoms with Crippen molar-refractivity contribution in [3.63, 3.8) is 0 Å². The lowest BCUT2D eigenvalue weighted by atomic mass is 9.59. The van der Waals surface area contributed by atoms with Crippen molar-refractivity contribution in [2.24, 2.45) is 5.92 Å². The van der Waals surface area contributed by atoms with Gasteiger partial charge in [0.15, 0.2) is 0 Å². The summed E-state index contributed by atoms with van der Waals surface area (Å²) in [5.41, 5.74) is 7.03. The molecule has 3 aromatic carbocycles. The van der Waals surface area contributed by atoms with Gasteiger partial charge < -0.3 is 15.5 Å². The van der Waals surface area contributed by atoms with E-state index in [1.807, 2.05) is 17.9 Å². The molecule has 3 aliphatic carbocycles. The molecule has 1 unspecified atom stereocenters. The predicted molar refractivity (Wildman–Crippen MR) is 143 cm³/mol. The first kappa shape index (κ1) is 23.5. The van der Waals surface area contributed by atoms with Crippen molar-refractivity contribution in [2.45, 2.75) is 38.0 Å². The second kappa shape index (κ2) is 9.51.